The Kier molecular flexibility index (Phi) is 4.62. The first kappa shape index (κ1) is 13.1. The second-order valence-electron chi connectivity index (χ2n) is 4.38. The molecule has 1 aliphatic heterocycles. The van der Waals surface area contributed by atoms with Gasteiger partial charge in [0, 0.05) is 18.8 Å². The topological polar surface area (TPSA) is 36.4 Å². The minimum Gasteiger partial charge on any atom is -0.395 e. The lowest BCUT2D eigenvalue weighted by atomic mass is 10.0. The Labute approximate surface area is 111 Å². The Morgan fingerprint density at radius 1 is 1.41 bits per heavy atom. The SMILES string of the molecule is OCC1CCCCN1Cc1ncc(Cl)cc1Cl. The summed E-state index contributed by atoms with van der Waals surface area (Å²) in [5.41, 5.74) is 0.830. The fourth-order valence-electron chi connectivity index (χ4n) is 2.23. The van der Waals surface area contributed by atoms with Gasteiger partial charge in [-0.3, -0.25) is 9.88 Å². The van der Waals surface area contributed by atoms with E-state index in [1.54, 1.807) is 12.3 Å². The number of aliphatic hydroxyl groups is 1. The predicted molar refractivity (Wildman–Crippen MR) is 69.4 cm³/mol. The van der Waals surface area contributed by atoms with E-state index in [9.17, 15) is 5.11 Å². The van der Waals surface area contributed by atoms with Gasteiger partial charge >= 0.3 is 0 Å². The molecular weight excluding hydrogens is 259 g/mol. The van der Waals surface area contributed by atoms with Crippen LogP contribution in [0.25, 0.3) is 0 Å². The molecule has 1 fully saturated rings. The van der Waals surface area contributed by atoms with Crippen molar-refractivity contribution in [1.82, 2.24) is 9.88 Å². The average molecular weight is 275 g/mol. The average Bonchev–Trinajstić information content (AvgIpc) is 2.33. The first-order valence-electron chi connectivity index (χ1n) is 5.85. The summed E-state index contributed by atoms with van der Waals surface area (Å²) in [7, 11) is 0. The molecule has 0 saturated carbocycles. The maximum Gasteiger partial charge on any atom is 0.0731 e. The van der Waals surface area contributed by atoms with Crippen molar-refractivity contribution in [3.8, 4) is 0 Å². The molecule has 1 N–H and O–H groups in total. The highest BCUT2D eigenvalue weighted by atomic mass is 35.5. The van der Waals surface area contributed by atoms with Gasteiger partial charge in [0.15, 0.2) is 0 Å². The van der Waals surface area contributed by atoms with Gasteiger partial charge in [0.05, 0.1) is 22.3 Å². The molecule has 0 aliphatic carbocycles. The van der Waals surface area contributed by atoms with Crippen LogP contribution < -0.4 is 0 Å². The number of halogens is 2. The van der Waals surface area contributed by atoms with Crippen LogP contribution in [0.5, 0.6) is 0 Å². The standard InChI is InChI=1S/C12H16Cl2N2O/c13-9-5-11(14)12(15-6-9)7-16-4-2-1-3-10(16)8-17/h5-6,10,17H,1-4,7-8H2. The van der Waals surface area contributed by atoms with Crippen LogP contribution in [0.1, 0.15) is 25.0 Å². The molecule has 0 amide bonds. The summed E-state index contributed by atoms with van der Waals surface area (Å²) in [6.07, 6.45) is 5.01. The van der Waals surface area contributed by atoms with E-state index >= 15 is 0 Å². The van der Waals surface area contributed by atoms with E-state index in [0.717, 1.165) is 18.7 Å². The molecule has 0 radical (unpaired) electrons. The summed E-state index contributed by atoms with van der Waals surface area (Å²) in [4.78, 5) is 6.50. The van der Waals surface area contributed by atoms with Crippen molar-refractivity contribution in [3.05, 3.63) is 28.0 Å². The van der Waals surface area contributed by atoms with Crippen molar-refractivity contribution in [2.24, 2.45) is 0 Å². The number of pyridine rings is 1. The van der Waals surface area contributed by atoms with Gasteiger partial charge in [0.1, 0.15) is 0 Å². The third kappa shape index (κ3) is 3.32. The zero-order chi connectivity index (χ0) is 12.3. The molecular formula is C12H16Cl2N2O. The number of piperidine rings is 1. The fraction of sp³-hybridized carbons (Fsp3) is 0.583. The quantitative estimate of drug-likeness (QED) is 0.921. The molecule has 2 heterocycles. The van der Waals surface area contributed by atoms with E-state index in [0.29, 0.717) is 16.6 Å². The highest BCUT2D eigenvalue weighted by Crippen LogP contribution is 2.23. The number of likely N-dealkylation sites (tertiary alicyclic amines) is 1. The minimum absolute atomic E-state index is 0.200. The number of hydrogen-bond donors (Lipinski definition) is 1. The van der Waals surface area contributed by atoms with E-state index in [2.05, 4.69) is 9.88 Å². The number of aliphatic hydroxyl groups excluding tert-OH is 1. The Morgan fingerprint density at radius 3 is 2.94 bits per heavy atom. The lowest BCUT2D eigenvalue weighted by molar-refractivity contribution is 0.0831. The number of aromatic nitrogens is 1. The molecule has 1 saturated heterocycles. The molecule has 3 nitrogen and oxygen atoms in total. The second-order valence-corrected chi connectivity index (χ2v) is 5.23. The smallest absolute Gasteiger partial charge is 0.0731 e. The molecule has 5 heteroatoms. The molecule has 0 bridgehead atoms. The largest absolute Gasteiger partial charge is 0.395 e. The van der Waals surface area contributed by atoms with Gasteiger partial charge in [-0.05, 0) is 25.5 Å². The van der Waals surface area contributed by atoms with Crippen LogP contribution in [0.4, 0.5) is 0 Å². The fourth-order valence-corrected chi connectivity index (χ4v) is 2.67. The van der Waals surface area contributed by atoms with E-state index < -0.39 is 0 Å². The maximum absolute atomic E-state index is 9.34. The normalized spacial score (nSPS) is 21.7. The molecule has 0 aromatic carbocycles. The first-order valence-corrected chi connectivity index (χ1v) is 6.61. The van der Waals surface area contributed by atoms with Crippen LogP contribution in [0.2, 0.25) is 10.0 Å². The Morgan fingerprint density at radius 2 is 2.24 bits per heavy atom. The lowest BCUT2D eigenvalue weighted by Gasteiger charge is -2.34. The van der Waals surface area contributed by atoms with E-state index in [-0.39, 0.29) is 12.6 Å². The van der Waals surface area contributed by atoms with Gasteiger partial charge in [-0.25, -0.2) is 0 Å². The molecule has 2 rings (SSSR count). The highest BCUT2D eigenvalue weighted by Gasteiger charge is 2.22. The monoisotopic (exact) mass is 274 g/mol. The van der Waals surface area contributed by atoms with Crippen molar-refractivity contribution in [2.45, 2.75) is 31.8 Å². The van der Waals surface area contributed by atoms with Gasteiger partial charge in [-0.15, -0.1) is 0 Å². The summed E-state index contributed by atoms with van der Waals surface area (Å²) in [5.74, 6) is 0. The van der Waals surface area contributed by atoms with Crippen molar-refractivity contribution in [3.63, 3.8) is 0 Å². The molecule has 17 heavy (non-hydrogen) atoms. The minimum atomic E-state index is 0.200. The van der Waals surface area contributed by atoms with Crippen LogP contribution in [0.3, 0.4) is 0 Å². The molecule has 1 atom stereocenters. The lowest BCUT2D eigenvalue weighted by Crippen LogP contribution is -2.41. The Balaban J connectivity index is 2.08. The Bertz CT molecular complexity index is 387. The maximum atomic E-state index is 9.34. The molecule has 94 valence electrons. The molecule has 1 aliphatic rings. The van der Waals surface area contributed by atoms with E-state index in [1.807, 2.05) is 0 Å². The number of rotatable bonds is 3. The molecule has 1 aromatic heterocycles. The summed E-state index contributed by atoms with van der Waals surface area (Å²) in [6.45, 7) is 1.87. The molecule has 1 unspecified atom stereocenters. The van der Waals surface area contributed by atoms with E-state index in [1.165, 1.54) is 12.8 Å². The molecule has 0 spiro atoms. The summed E-state index contributed by atoms with van der Waals surface area (Å²) < 4.78 is 0. The van der Waals surface area contributed by atoms with Crippen LogP contribution in [-0.4, -0.2) is 34.2 Å². The van der Waals surface area contributed by atoms with Crippen molar-refractivity contribution >= 4 is 23.2 Å². The summed E-state index contributed by atoms with van der Waals surface area (Å²) in [6, 6.07) is 1.95. The summed E-state index contributed by atoms with van der Waals surface area (Å²) >= 11 is 11.9. The first-order chi connectivity index (χ1) is 8.20. The van der Waals surface area contributed by atoms with Crippen molar-refractivity contribution in [1.29, 1.82) is 0 Å². The second kappa shape index (κ2) is 6.01. The zero-order valence-corrected chi connectivity index (χ0v) is 11.1. The van der Waals surface area contributed by atoms with Crippen LogP contribution >= 0.6 is 23.2 Å². The third-order valence-corrected chi connectivity index (χ3v) is 3.73. The van der Waals surface area contributed by atoms with E-state index in [4.69, 9.17) is 23.2 Å². The number of nitrogens with zero attached hydrogens (tertiary/aromatic N) is 2. The zero-order valence-electron chi connectivity index (χ0n) is 9.57. The van der Waals surface area contributed by atoms with Crippen LogP contribution in [0, 0.1) is 0 Å². The van der Waals surface area contributed by atoms with Gasteiger partial charge < -0.3 is 5.11 Å². The van der Waals surface area contributed by atoms with Gasteiger partial charge in [-0.1, -0.05) is 29.6 Å². The van der Waals surface area contributed by atoms with Crippen molar-refractivity contribution < 1.29 is 5.11 Å². The van der Waals surface area contributed by atoms with Crippen LogP contribution in [-0.2, 0) is 6.54 Å². The summed E-state index contributed by atoms with van der Waals surface area (Å²) in [5, 5.41) is 10.5. The highest BCUT2D eigenvalue weighted by molar-refractivity contribution is 6.34. The van der Waals surface area contributed by atoms with Gasteiger partial charge in [0.25, 0.3) is 0 Å². The van der Waals surface area contributed by atoms with Crippen molar-refractivity contribution in [2.75, 3.05) is 13.2 Å². The Hall–Kier alpha value is -0.350. The predicted octanol–water partition coefficient (Wildman–Crippen LogP) is 2.74. The van der Waals surface area contributed by atoms with Crippen LogP contribution in [0.15, 0.2) is 12.3 Å². The third-order valence-electron chi connectivity index (χ3n) is 3.20. The molecule has 1 aromatic rings. The van der Waals surface area contributed by atoms with Gasteiger partial charge in [-0.2, -0.15) is 0 Å². The number of hydrogen-bond acceptors (Lipinski definition) is 3. The van der Waals surface area contributed by atoms with Gasteiger partial charge in [0.2, 0.25) is 0 Å².